The monoisotopic (exact) mass is 363 g/mol. The number of aromatic nitrogens is 2. The summed E-state index contributed by atoms with van der Waals surface area (Å²) in [5.74, 6) is 0.0939. The Bertz CT molecular complexity index is 1130. The van der Waals surface area contributed by atoms with Gasteiger partial charge in [-0.05, 0) is 30.7 Å². The zero-order valence-electron chi connectivity index (χ0n) is 14.9. The fourth-order valence-corrected chi connectivity index (χ4v) is 3.23. The average molecular weight is 363 g/mol. The Morgan fingerprint density at radius 1 is 1.22 bits per heavy atom. The number of carbonyl (C=O) groups is 1. The molecule has 0 radical (unpaired) electrons. The first-order valence-corrected chi connectivity index (χ1v) is 8.56. The lowest BCUT2D eigenvalue weighted by Crippen LogP contribution is -2.31. The topological polar surface area (TPSA) is 60.1 Å². The second-order valence-electron chi connectivity index (χ2n) is 6.41. The molecule has 5 nitrogen and oxygen atoms in total. The van der Waals surface area contributed by atoms with E-state index < -0.39 is 6.04 Å². The zero-order chi connectivity index (χ0) is 19.0. The fourth-order valence-electron chi connectivity index (χ4n) is 3.23. The van der Waals surface area contributed by atoms with Gasteiger partial charge in [-0.15, -0.1) is 0 Å². The van der Waals surface area contributed by atoms with Crippen LogP contribution in [0.15, 0.2) is 65.3 Å². The summed E-state index contributed by atoms with van der Waals surface area (Å²) in [5.41, 5.74) is 2.02. The predicted molar refractivity (Wildman–Crippen MR) is 99.9 cm³/mol. The molecule has 4 aromatic rings. The number of amides is 1. The quantitative estimate of drug-likeness (QED) is 0.593. The SMILES string of the molecule is Cc1c(C(=O)NC(c2cccc(F)c2)c2nccn2C)oc2ccccc12. The first-order valence-electron chi connectivity index (χ1n) is 8.56. The molecule has 0 spiro atoms. The van der Waals surface area contributed by atoms with E-state index in [0.29, 0.717) is 17.0 Å². The van der Waals surface area contributed by atoms with Crippen molar-refractivity contribution < 1.29 is 13.6 Å². The van der Waals surface area contributed by atoms with E-state index in [-0.39, 0.29) is 17.5 Å². The first kappa shape index (κ1) is 17.0. The van der Waals surface area contributed by atoms with E-state index in [9.17, 15) is 9.18 Å². The van der Waals surface area contributed by atoms with Gasteiger partial charge in [0, 0.05) is 30.4 Å². The summed E-state index contributed by atoms with van der Waals surface area (Å²) < 4.78 is 21.3. The van der Waals surface area contributed by atoms with Crippen molar-refractivity contribution in [2.45, 2.75) is 13.0 Å². The molecule has 2 heterocycles. The highest BCUT2D eigenvalue weighted by molar-refractivity contribution is 5.99. The molecule has 1 unspecified atom stereocenters. The molecule has 0 aliphatic heterocycles. The molecular weight excluding hydrogens is 345 g/mol. The highest BCUT2D eigenvalue weighted by Crippen LogP contribution is 2.27. The Morgan fingerprint density at radius 3 is 2.74 bits per heavy atom. The molecule has 1 atom stereocenters. The van der Waals surface area contributed by atoms with E-state index >= 15 is 0 Å². The number of para-hydroxylation sites is 1. The van der Waals surface area contributed by atoms with Crippen molar-refractivity contribution in [3.8, 4) is 0 Å². The number of fused-ring (bicyclic) bond motifs is 1. The largest absolute Gasteiger partial charge is 0.451 e. The molecule has 0 saturated carbocycles. The smallest absolute Gasteiger partial charge is 0.288 e. The highest BCUT2D eigenvalue weighted by Gasteiger charge is 2.25. The van der Waals surface area contributed by atoms with Gasteiger partial charge >= 0.3 is 0 Å². The lowest BCUT2D eigenvalue weighted by Gasteiger charge is -2.19. The van der Waals surface area contributed by atoms with Gasteiger partial charge in [-0.1, -0.05) is 30.3 Å². The van der Waals surface area contributed by atoms with Crippen molar-refractivity contribution in [1.82, 2.24) is 14.9 Å². The van der Waals surface area contributed by atoms with Crippen LogP contribution in [0.5, 0.6) is 0 Å². The molecule has 27 heavy (non-hydrogen) atoms. The summed E-state index contributed by atoms with van der Waals surface area (Å²) in [6.07, 6.45) is 3.42. The number of rotatable bonds is 4. The number of imidazole rings is 1. The third-order valence-corrected chi connectivity index (χ3v) is 4.62. The molecule has 6 heteroatoms. The van der Waals surface area contributed by atoms with Crippen LogP contribution < -0.4 is 5.32 Å². The average Bonchev–Trinajstić information content (AvgIpc) is 3.23. The lowest BCUT2D eigenvalue weighted by molar-refractivity contribution is 0.0914. The molecule has 0 aliphatic rings. The van der Waals surface area contributed by atoms with Gasteiger partial charge in [-0.3, -0.25) is 4.79 Å². The van der Waals surface area contributed by atoms with E-state index in [2.05, 4.69) is 10.3 Å². The van der Waals surface area contributed by atoms with E-state index in [1.54, 1.807) is 29.1 Å². The van der Waals surface area contributed by atoms with E-state index in [1.165, 1.54) is 12.1 Å². The number of benzene rings is 2. The number of furan rings is 1. The van der Waals surface area contributed by atoms with Crippen LogP contribution in [0.25, 0.3) is 11.0 Å². The summed E-state index contributed by atoms with van der Waals surface area (Å²) in [4.78, 5) is 17.3. The molecule has 0 bridgehead atoms. The molecule has 4 rings (SSSR count). The second kappa shape index (κ2) is 6.72. The van der Waals surface area contributed by atoms with E-state index in [4.69, 9.17) is 4.42 Å². The minimum atomic E-state index is -0.610. The van der Waals surface area contributed by atoms with Crippen LogP contribution in [0.4, 0.5) is 4.39 Å². The normalized spacial score (nSPS) is 12.3. The molecule has 2 aromatic heterocycles. The Morgan fingerprint density at radius 2 is 2.04 bits per heavy atom. The maximum absolute atomic E-state index is 13.8. The summed E-state index contributed by atoms with van der Waals surface area (Å²) in [7, 11) is 1.83. The van der Waals surface area contributed by atoms with Crippen LogP contribution in [-0.2, 0) is 7.05 Å². The summed E-state index contributed by atoms with van der Waals surface area (Å²) in [6.45, 7) is 1.85. The molecule has 2 aromatic carbocycles. The fraction of sp³-hybridized carbons (Fsp3) is 0.143. The Labute approximate surface area is 155 Å². The number of nitrogens with zero attached hydrogens (tertiary/aromatic N) is 2. The van der Waals surface area contributed by atoms with Crippen molar-refractivity contribution in [2.75, 3.05) is 0 Å². The number of halogens is 1. The molecule has 0 saturated heterocycles. The van der Waals surface area contributed by atoms with Gasteiger partial charge < -0.3 is 14.3 Å². The van der Waals surface area contributed by atoms with Gasteiger partial charge in [-0.25, -0.2) is 9.37 Å². The summed E-state index contributed by atoms with van der Waals surface area (Å²) in [6, 6.07) is 13.0. The minimum absolute atomic E-state index is 0.242. The van der Waals surface area contributed by atoms with Gasteiger partial charge in [0.25, 0.3) is 5.91 Å². The summed E-state index contributed by atoms with van der Waals surface area (Å²) >= 11 is 0. The van der Waals surface area contributed by atoms with Crippen LogP contribution in [0.3, 0.4) is 0 Å². The Kier molecular flexibility index (Phi) is 4.24. The third kappa shape index (κ3) is 3.10. The number of hydrogen-bond donors (Lipinski definition) is 1. The van der Waals surface area contributed by atoms with Gasteiger partial charge in [0.1, 0.15) is 23.3 Å². The number of hydrogen-bond acceptors (Lipinski definition) is 3. The minimum Gasteiger partial charge on any atom is -0.451 e. The van der Waals surface area contributed by atoms with Crippen LogP contribution in [0, 0.1) is 12.7 Å². The predicted octanol–water partition coefficient (Wildman–Crippen LogP) is 4.13. The van der Waals surface area contributed by atoms with E-state index in [1.807, 2.05) is 38.2 Å². The number of carbonyl (C=O) groups excluding carboxylic acids is 1. The van der Waals surface area contributed by atoms with Crippen molar-refractivity contribution in [2.24, 2.45) is 7.05 Å². The second-order valence-corrected chi connectivity index (χ2v) is 6.41. The first-order chi connectivity index (χ1) is 13.0. The third-order valence-electron chi connectivity index (χ3n) is 4.62. The molecule has 0 fully saturated rings. The lowest BCUT2D eigenvalue weighted by atomic mass is 10.1. The van der Waals surface area contributed by atoms with Gasteiger partial charge in [0.05, 0.1) is 0 Å². The number of nitrogens with one attached hydrogen (secondary N) is 1. The van der Waals surface area contributed by atoms with Crippen LogP contribution in [0.1, 0.15) is 33.5 Å². The highest BCUT2D eigenvalue weighted by atomic mass is 19.1. The Hall–Kier alpha value is -3.41. The van der Waals surface area contributed by atoms with Crippen LogP contribution in [0.2, 0.25) is 0 Å². The standard InChI is InChI=1S/C21H18FN3O2/c1-13-16-8-3-4-9-17(16)27-19(13)21(26)24-18(20-23-10-11-25(20)2)14-6-5-7-15(22)12-14/h3-12,18H,1-2H3,(H,24,26). The summed E-state index contributed by atoms with van der Waals surface area (Å²) in [5, 5.41) is 3.83. The van der Waals surface area contributed by atoms with Gasteiger partial charge in [-0.2, -0.15) is 0 Å². The molecule has 1 amide bonds. The van der Waals surface area contributed by atoms with Crippen molar-refractivity contribution in [1.29, 1.82) is 0 Å². The molecule has 0 aliphatic carbocycles. The van der Waals surface area contributed by atoms with Crippen LogP contribution >= 0.6 is 0 Å². The van der Waals surface area contributed by atoms with Gasteiger partial charge in [0.15, 0.2) is 5.76 Å². The number of aryl methyl sites for hydroxylation is 2. The van der Waals surface area contributed by atoms with Crippen molar-refractivity contribution >= 4 is 16.9 Å². The maximum atomic E-state index is 13.8. The maximum Gasteiger partial charge on any atom is 0.288 e. The molecule has 136 valence electrons. The molecule has 1 N–H and O–H groups in total. The van der Waals surface area contributed by atoms with Crippen molar-refractivity contribution in [3.05, 3.63) is 89.5 Å². The Balaban J connectivity index is 1.74. The van der Waals surface area contributed by atoms with Crippen molar-refractivity contribution in [3.63, 3.8) is 0 Å². The van der Waals surface area contributed by atoms with Crippen LogP contribution in [-0.4, -0.2) is 15.5 Å². The van der Waals surface area contributed by atoms with E-state index in [0.717, 1.165) is 10.9 Å². The zero-order valence-corrected chi connectivity index (χ0v) is 14.9. The molecular formula is C21H18FN3O2. The van der Waals surface area contributed by atoms with Gasteiger partial charge in [0.2, 0.25) is 0 Å².